The van der Waals surface area contributed by atoms with Crippen molar-refractivity contribution < 1.29 is 33.2 Å². The van der Waals surface area contributed by atoms with E-state index in [-0.39, 0.29) is 12.8 Å². The Balaban J connectivity index is 6.46. The summed E-state index contributed by atoms with van der Waals surface area (Å²) in [5, 5.41) is 18.4. The topological polar surface area (TPSA) is 96.2 Å². The summed E-state index contributed by atoms with van der Waals surface area (Å²) in [6.45, 7) is 14.2. The van der Waals surface area contributed by atoms with E-state index >= 15 is 0 Å². The lowest BCUT2D eigenvalue weighted by molar-refractivity contribution is -0.932. The molecule has 7 nitrogen and oxygen atoms in total. The van der Waals surface area contributed by atoms with Gasteiger partial charge in [0.05, 0.1) is 34.4 Å². The number of phosphoric ester groups is 1. The third kappa shape index (κ3) is 6.49. The molecule has 0 spiro atoms. The molecule has 0 radical (unpaired) electrons. The van der Waals surface area contributed by atoms with Crippen LogP contribution in [0.4, 0.5) is 0 Å². The van der Waals surface area contributed by atoms with Crippen molar-refractivity contribution in [1.29, 1.82) is 0 Å². The first-order chi connectivity index (χ1) is 12.9. The van der Waals surface area contributed by atoms with E-state index < -0.39 is 38.3 Å². The van der Waals surface area contributed by atoms with Crippen molar-refractivity contribution in [2.45, 2.75) is 42.9 Å². The smallest absolute Gasteiger partial charge is 0.394 e. The van der Waals surface area contributed by atoms with E-state index in [1.807, 2.05) is 21.1 Å². The van der Waals surface area contributed by atoms with Gasteiger partial charge in [-0.15, -0.1) is 26.3 Å². The maximum atomic E-state index is 12.8. The molecule has 162 valence electrons. The first-order valence-electron chi connectivity index (χ1n) is 9.13. The minimum absolute atomic E-state index is 0.243. The van der Waals surface area contributed by atoms with Crippen LogP contribution in [0.15, 0.2) is 50.6 Å². The summed E-state index contributed by atoms with van der Waals surface area (Å²) >= 11 is 0. The Morgan fingerprint density at radius 2 is 1.43 bits per heavy atom. The molecule has 0 aromatic carbocycles. The van der Waals surface area contributed by atoms with Crippen molar-refractivity contribution in [1.82, 2.24) is 0 Å². The van der Waals surface area contributed by atoms with E-state index in [4.69, 9.17) is 14.2 Å². The van der Waals surface area contributed by atoms with Crippen molar-refractivity contribution in [3.63, 3.8) is 0 Å². The molecule has 0 amide bonds. The SMILES string of the molecule is C=CCC(CC=C)(OP(=O)(O)OCC(O)CO)C(CC=C)(CC=C)[N+](C)(C)C. The van der Waals surface area contributed by atoms with Crippen LogP contribution in [0.25, 0.3) is 0 Å². The second kappa shape index (κ2) is 11.2. The molecule has 0 saturated carbocycles. The number of aliphatic hydroxyl groups excluding tert-OH is 2. The zero-order chi connectivity index (χ0) is 22.1. The first kappa shape index (κ1) is 27.0. The molecule has 0 aromatic heterocycles. The van der Waals surface area contributed by atoms with Gasteiger partial charge in [0.2, 0.25) is 0 Å². The van der Waals surface area contributed by atoms with Gasteiger partial charge in [-0.1, -0.05) is 24.3 Å². The van der Waals surface area contributed by atoms with E-state index in [0.29, 0.717) is 17.3 Å². The summed E-state index contributed by atoms with van der Waals surface area (Å²) < 4.78 is 23.9. The average Bonchev–Trinajstić information content (AvgIpc) is 2.58. The summed E-state index contributed by atoms with van der Waals surface area (Å²) in [6.07, 6.45) is 6.87. The van der Waals surface area contributed by atoms with Crippen LogP contribution in [-0.2, 0) is 13.6 Å². The number of rotatable bonds is 16. The molecule has 2 unspecified atom stereocenters. The average molecular weight is 418 g/mol. The quantitative estimate of drug-likeness (QED) is 0.203. The zero-order valence-electron chi connectivity index (χ0n) is 17.4. The third-order valence-corrected chi connectivity index (χ3v) is 6.03. The molecular weight excluding hydrogens is 381 g/mol. The van der Waals surface area contributed by atoms with E-state index in [2.05, 4.69) is 26.3 Å². The normalized spacial score (nSPS) is 16.1. The van der Waals surface area contributed by atoms with Gasteiger partial charge >= 0.3 is 7.82 Å². The van der Waals surface area contributed by atoms with Gasteiger partial charge in [0.25, 0.3) is 0 Å². The van der Waals surface area contributed by atoms with Gasteiger partial charge in [-0.3, -0.25) is 9.05 Å². The number of phosphoric acid groups is 1. The lowest BCUT2D eigenvalue weighted by Gasteiger charge is -2.56. The first-order valence-corrected chi connectivity index (χ1v) is 10.6. The van der Waals surface area contributed by atoms with Crippen LogP contribution < -0.4 is 0 Å². The fourth-order valence-electron chi connectivity index (χ4n) is 3.66. The highest BCUT2D eigenvalue weighted by Crippen LogP contribution is 2.56. The molecule has 3 N–H and O–H groups in total. The molecule has 2 atom stereocenters. The summed E-state index contributed by atoms with van der Waals surface area (Å²) in [7, 11) is 1.31. The van der Waals surface area contributed by atoms with Crippen LogP contribution in [0, 0.1) is 0 Å². The Morgan fingerprint density at radius 3 is 1.75 bits per heavy atom. The molecule has 0 aliphatic rings. The Morgan fingerprint density at radius 1 is 1.00 bits per heavy atom. The third-order valence-electron chi connectivity index (χ3n) is 4.98. The number of aliphatic hydroxyl groups is 2. The Kier molecular flexibility index (Phi) is 10.8. The van der Waals surface area contributed by atoms with Gasteiger partial charge in [-0.2, -0.15) is 0 Å². The summed E-state index contributed by atoms with van der Waals surface area (Å²) in [5.74, 6) is 0. The Labute approximate surface area is 169 Å². The molecule has 0 bridgehead atoms. The van der Waals surface area contributed by atoms with Gasteiger partial charge in [-0.05, 0) is 0 Å². The minimum Gasteiger partial charge on any atom is -0.394 e. The van der Waals surface area contributed by atoms with Gasteiger partial charge in [-0.25, -0.2) is 4.57 Å². The van der Waals surface area contributed by atoms with E-state index in [0.717, 1.165) is 0 Å². The predicted molar refractivity (Wildman–Crippen MR) is 113 cm³/mol. The van der Waals surface area contributed by atoms with E-state index in [1.165, 1.54) is 0 Å². The second-order valence-corrected chi connectivity index (χ2v) is 9.08. The fourth-order valence-corrected chi connectivity index (χ4v) is 4.83. The second-order valence-electron chi connectivity index (χ2n) is 7.70. The molecule has 0 rings (SSSR count). The molecule has 28 heavy (non-hydrogen) atoms. The summed E-state index contributed by atoms with van der Waals surface area (Å²) in [6, 6.07) is 0. The fraction of sp³-hybridized carbons (Fsp3) is 0.600. The van der Waals surface area contributed by atoms with Crippen molar-refractivity contribution in [3.8, 4) is 0 Å². The molecule has 8 heteroatoms. The lowest BCUT2D eigenvalue weighted by atomic mass is 9.69. The monoisotopic (exact) mass is 418 g/mol. The zero-order valence-corrected chi connectivity index (χ0v) is 18.3. The van der Waals surface area contributed by atoms with Gasteiger partial charge in [0.1, 0.15) is 17.2 Å². The van der Waals surface area contributed by atoms with Crippen LogP contribution in [0.2, 0.25) is 0 Å². The predicted octanol–water partition coefficient (Wildman–Crippen LogP) is 2.96. The van der Waals surface area contributed by atoms with Crippen LogP contribution in [-0.4, -0.2) is 71.2 Å². The molecule has 0 heterocycles. The maximum Gasteiger partial charge on any atom is 0.473 e. The van der Waals surface area contributed by atoms with E-state index in [1.54, 1.807) is 24.3 Å². The molecule has 0 aromatic rings. The highest BCUT2D eigenvalue weighted by Gasteiger charge is 2.61. The molecule has 0 saturated heterocycles. The highest BCUT2D eigenvalue weighted by molar-refractivity contribution is 7.47. The lowest BCUT2D eigenvalue weighted by Crippen LogP contribution is -2.69. The van der Waals surface area contributed by atoms with Crippen LogP contribution in [0.1, 0.15) is 25.7 Å². The van der Waals surface area contributed by atoms with E-state index in [9.17, 15) is 14.6 Å². The van der Waals surface area contributed by atoms with Crippen LogP contribution in [0.3, 0.4) is 0 Å². The number of nitrogens with zero attached hydrogens (tertiary/aromatic N) is 1. The van der Waals surface area contributed by atoms with Gasteiger partial charge in [0.15, 0.2) is 0 Å². The van der Waals surface area contributed by atoms with Crippen LogP contribution in [0.5, 0.6) is 0 Å². The highest BCUT2D eigenvalue weighted by atomic mass is 31.2. The molecule has 0 aliphatic heterocycles. The number of hydrogen-bond donors (Lipinski definition) is 3. The summed E-state index contributed by atoms with van der Waals surface area (Å²) in [4.78, 5) is 10.4. The van der Waals surface area contributed by atoms with Crippen molar-refractivity contribution in [2.75, 3.05) is 34.4 Å². The van der Waals surface area contributed by atoms with Crippen LogP contribution >= 0.6 is 7.82 Å². The van der Waals surface area contributed by atoms with Crippen molar-refractivity contribution >= 4 is 7.82 Å². The van der Waals surface area contributed by atoms with Gasteiger partial charge in [0, 0.05) is 25.7 Å². The maximum absolute atomic E-state index is 12.8. The number of hydrogen-bond acceptors (Lipinski definition) is 5. The summed E-state index contributed by atoms with van der Waals surface area (Å²) in [5.41, 5.74) is -1.96. The standard InChI is InChI=1S/C20H36NO6P/c1-8-12-19(13-9-2,21(5,6)7)20(14-10-3,15-11-4)27-28(24,25)26-17-18(23)16-22/h8-11,18,22-23H,1-4,12-17H2,5-7H3/p+1. The van der Waals surface area contributed by atoms with Crippen molar-refractivity contribution in [2.24, 2.45) is 0 Å². The molecule has 0 fully saturated rings. The Bertz CT molecular complexity index is 564. The van der Waals surface area contributed by atoms with Crippen molar-refractivity contribution in [3.05, 3.63) is 50.6 Å². The van der Waals surface area contributed by atoms with Gasteiger partial charge < -0.3 is 19.6 Å². The Hall–Kier alpha value is -1.05. The largest absolute Gasteiger partial charge is 0.473 e. The number of likely N-dealkylation sites (N-methyl/N-ethyl adjacent to an activating group) is 1. The molecular formula is C20H37NO6P+. The minimum atomic E-state index is -4.60. The number of quaternary nitrogens is 1. The molecule has 0 aliphatic carbocycles.